The van der Waals surface area contributed by atoms with Crippen molar-refractivity contribution in [1.29, 1.82) is 0 Å². The summed E-state index contributed by atoms with van der Waals surface area (Å²) in [5, 5.41) is 0. The van der Waals surface area contributed by atoms with Gasteiger partial charge in [-0.3, -0.25) is 9.59 Å². The monoisotopic (exact) mass is 261 g/mol. The molecule has 0 saturated heterocycles. The normalized spacial score (nSPS) is 12.4. The molecule has 0 saturated carbocycles. The zero-order valence-corrected chi connectivity index (χ0v) is 10.8. The van der Waals surface area contributed by atoms with Crippen LogP contribution in [-0.4, -0.2) is 34.5 Å². The van der Waals surface area contributed by atoms with E-state index in [4.69, 9.17) is 5.73 Å². The van der Waals surface area contributed by atoms with Crippen molar-refractivity contribution in [3.63, 3.8) is 0 Å². The van der Waals surface area contributed by atoms with Crippen LogP contribution in [0.1, 0.15) is 16.8 Å². The lowest BCUT2D eigenvalue weighted by Gasteiger charge is -2.09. The number of carbonyl (C=O) groups is 2. The molecule has 1 aromatic carbocycles. The van der Waals surface area contributed by atoms with Crippen molar-refractivity contribution in [2.24, 2.45) is 12.8 Å². The van der Waals surface area contributed by atoms with E-state index < -0.39 is 12.0 Å². The smallest absolute Gasteiger partial charge is 0.307 e. The number of imidazole rings is 1. The topological polar surface area (TPSA) is 87.2 Å². The summed E-state index contributed by atoms with van der Waals surface area (Å²) in [6.07, 6.45) is 1.54. The molecule has 2 aromatic rings. The van der Waals surface area contributed by atoms with E-state index in [1.807, 2.05) is 11.6 Å². The molecule has 1 atom stereocenters. The zero-order valence-electron chi connectivity index (χ0n) is 10.8. The second-order valence-corrected chi connectivity index (χ2v) is 4.31. The summed E-state index contributed by atoms with van der Waals surface area (Å²) in [4.78, 5) is 27.4. The summed E-state index contributed by atoms with van der Waals surface area (Å²) in [7, 11) is 3.14. The van der Waals surface area contributed by atoms with Crippen LogP contribution in [0.5, 0.6) is 0 Å². The van der Waals surface area contributed by atoms with Crippen LogP contribution in [0.4, 0.5) is 0 Å². The van der Waals surface area contributed by atoms with Crippen LogP contribution >= 0.6 is 0 Å². The first-order valence-electron chi connectivity index (χ1n) is 5.80. The Morgan fingerprint density at radius 2 is 2.21 bits per heavy atom. The van der Waals surface area contributed by atoms with Gasteiger partial charge in [0.15, 0.2) is 5.78 Å². The van der Waals surface area contributed by atoms with Crippen molar-refractivity contribution in [3.05, 3.63) is 30.1 Å². The standard InChI is InChI=1S/C13H15N3O3/c1-16-7-15-10-5-8(3-4-11(10)16)13(18)9(14)6-12(17)19-2/h3-5,7,9H,6,14H2,1-2H3. The largest absolute Gasteiger partial charge is 0.469 e. The number of ketones is 1. The number of methoxy groups -OCH3 is 1. The Bertz CT molecular complexity index is 633. The highest BCUT2D eigenvalue weighted by molar-refractivity contribution is 6.03. The van der Waals surface area contributed by atoms with Crippen LogP contribution in [-0.2, 0) is 16.6 Å². The minimum Gasteiger partial charge on any atom is -0.469 e. The Balaban J connectivity index is 2.23. The van der Waals surface area contributed by atoms with Gasteiger partial charge in [-0.1, -0.05) is 0 Å². The number of aryl methyl sites for hydroxylation is 1. The third-order valence-corrected chi connectivity index (χ3v) is 2.96. The molecular weight excluding hydrogens is 246 g/mol. The summed E-state index contributed by atoms with van der Waals surface area (Å²) >= 11 is 0. The molecule has 2 N–H and O–H groups in total. The number of esters is 1. The number of fused-ring (bicyclic) bond motifs is 1. The third-order valence-electron chi connectivity index (χ3n) is 2.96. The Morgan fingerprint density at radius 3 is 2.89 bits per heavy atom. The summed E-state index contributed by atoms with van der Waals surface area (Å²) in [5.74, 6) is -0.794. The molecule has 19 heavy (non-hydrogen) atoms. The Kier molecular flexibility index (Phi) is 3.62. The van der Waals surface area contributed by atoms with Crippen LogP contribution < -0.4 is 5.73 Å². The lowest BCUT2D eigenvalue weighted by molar-refractivity contribution is -0.140. The van der Waals surface area contributed by atoms with E-state index in [0.717, 1.165) is 11.0 Å². The van der Waals surface area contributed by atoms with Crippen molar-refractivity contribution >= 4 is 22.8 Å². The second-order valence-electron chi connectivity index (χ2n) is 4.31. The number of carbonyl (C=O) groups excluding carboxylic acids is 2. The molecule has 0 amide bonds. The SMILES string of the molecule is COC(=O)CC(N)C(=O)c1ccc2c(c1)ncn2C. The van der Waals surface area contributed by atoms with E-state index >= 15 is 0 Å². The van der Waals surface area contributed by atoms with Crippen molar-refractivity contribution in [2.45, 2.75) is 12.5 Å². The highest BCUT2D eigenvalue weighted by Gasteiger charge is 2.20. The molecular formula is C13H15N3O3. The number of aromatic nitrogens is 2. The molecule has 100 valence electrons. The fourth-order valence-corrected chi connectivity index (χ4v) is 1.86. The minimum absolute atomic E-state index is 0.129. The first-order valence-corrected chi connectivity index (χ1v) is 5.80. The van der Waals surface area contributed by atoms with Crippen molar-refractivity contribution in [2.75, 3.05) is 7.11 Å². The molecule has 6 nitrogen and oxygen atoms in total. The predicted octanol–water partition coefficient (Wildman–Crippen LogP) is 0.646. The average Bonchev–Trinajstić information content (AvgIpc) is 2.78. The fraction of sp³-hybridized carbons (Fsp3) is 0.308. The highest BCUT2D eigenvalue weighted by atomic mass is 16.5. The molecule has 0 fully saturated rings. The Labute approximate surface area is 110 Å². The van der Waals surface area contributed by atoms with Gasteiger partial charge in [-0.15, -0.1) is 0 Å². The van der Waals surface area contributed by atoms with Gasteiger partial charge in [-0.05, 0) is 18.2 Å². The summed E-state index contributed by atoms with van der Waals surface area (Å²) in [6, 6.07) is 4.27. The number of hydrogen-bond acceptors (Lipinski definition) is 5. The van der Waals surface area contributed by atoms with Crippen LogP contribution in [0.25, 0.3) is 11.0 Å². The Morgan fingerprint density at radius 1 is 1.47 bits per heavy atom. The maximum absolute atomic E-state index is 12.1. The van der Waals surface area contributed by atoms with Gasteiger partial charge < -0.3 is 15.0 Å². The molecule has 0 spiro atoms. The van der Waals surface area contributed by atoms with Gasteiger partial charge in [-0.2, -0.15) is 0 Å². The number of nitrogens with zero attached hydrogens (tertiary/aromatic N) is 2. The van der Waals surface area contributed by atoms with Gasteiger partial charge >= 0.3 is 5.97 Å². The van der Waals surface area contributed by atoms with Crippen molar-refractivity contribution < 1.29 is 14.3 Å². The molecule has 0 aliphatic rings. The van der Waals surface area contributed by atoms with E-state index in [2.05, 4.69) is 9.72 Å². The van der Waals surface area contributed by atoms with E-state index in [0.29, 0.717) is 5.56 Å². The fourth-order valence-electron chi connectivity index (χ4n) is 1.86. The van der Waals surface area contributed by atoms with E-state index in [-0.39, 0.29) is 12.2 Å². The first kappa shape index (κ1) is 13.2. The predicted molar refractivity (Wildman–Crippen MR) is 69.7 cm³/mol. The van der Waals surface area contributed by atoms with Crippen molar-refractivity contribution in [1.82, 2.24) is 9.55 Å². The average molecular weight is 261 g/mol. The number of benzene rings is 1. The van der Waals surface area contributed by atoms with E-state index in [9.17, 15) is 9.59 Å². The maximum atomic E-state index is 12.1. The molecule has 0 aliphatic carbocycles. The van der Waals surface area contributed by atoms with Gasteiger partial charge in [0.1, 0.15) is 0 Å². The van der Waals surface area contributed by atoms with Gasteiger partial charge in [0, 0.05) is 12.6 Å². The van der Waals surface area contributed by atoms with Crippen molar-refractivity contribution in [3.8, 4) is 0 Å². The van der Waals surface area contributed by atoms with Crippen LogP contribution in [0.15, 0.2) is 24.5 Å². The molecule has 0 aliphatic heterocycles. The molecule has 2 rings (SSSR count). The summed E-state index contributed by atoms with van der Waals surface area (Å²) < 4.78 is 6.35. The lowest BCUT2D eigenvalue weighted by atomic mass is 10.0. The highest BCUT2D eigenvalue weighted by Crippen LogP contribution is 2.15. The molecule has 1 aromatic heterocycles. The molecule has 1 unspecified atom stereocenters. The second kappa shape index (κ2) is 5.19. The van der Waals surface area contributed by atoms with Gasteiger partial charge in [0.2, 0.25) is 0 Å². The first-order chi connectivity index (χ1) is 9.02. The lowest BCUT2D eigenvalue weighted by Crippen LogP contribution is -2.33. The number of rotatable bonds is 4. The Hall–Kier alpha value is -2.21. The van der Waals surface area contributed by atoms with Crippen LogP contribution in [0.3, 0.4) is 0 Å². The third kappa shape index (κ3) is 2.63. The van der Waals surface area contributed by atoms with E-state index in [1.54, 1.807) is 24.5 Å². The van der Waals surface area contributed by atoms with Crippen LogP contribution in [0, 0.1) is 0 Å². The maximum Gasteiger partial charge on any atom is 0.307 e. The minimum atomic E-state index is -0.895. The summed E-state index contributed by atoms with van der Waals surface area (Å²) in [5.41, 5.74) is 7.80. The van der Waals surface area contributed by atoms with Gasteiger partial charge in [0.25, 0.3) is 0 Å². The number of nitrogens with two attached hydrogens (primary N) is 1. The van der Waals surface area contributed by atoms with E-state index in [1.165, 1.54) is 7.11 Å². The quantitative estimate of drug-likeness (QED) is 0.645. The molecule has 1 heterocycles. The van der Waals surface area contributed by atoms with Gasteiger partial charge in [-0.25, -0.2) is 4.98 Å². The van der Waals surface area contributed by atoms with Gasteiger partial charge in [0.05, 0.1) is 36.9 Å². The number of Topliss-reactive ketones (excluding diaryl/α,β-unsaturated/α-hetero) is 1. The molecule has 0 radical (unpaired) electrons. The molecule has 0 bridgehead atoms. The number of hydrogen-bond donors (Lipinski definition) is 1. The van der Waals surface area contributed by atoms with Crippen LogP contribution in [0.2, 0.25) is 0 Å². The zero-order chi connectivity index (χ0) is 14.0. The number of ether oxygens (including phenoxy) is 1. The molecule has 6 heteroatoms. The summed E-state index contributed by atoms with van der Waals surface area (Å²) in [6.45, 7) is 0.